The maximum atomic E-state index is 11.6. The molecule has 0 radical (unpaired) electrons. The fraction of sp³-hybridized carbons (Fsp3) is 0.727. The van der Waals surface area contributed by atoms with Gasteiger partial charge in [0, 0.05) is 0 Å². The smallest absolute Gasteiger partial charge is 0.408 e. The third-order valence-electron chi connectivity index (χ3n) is 2.08. The summed E-state index contributed by atoms with van der Waals surface area (Å²) in [7, 11) is 0. The van der Waals surface area contributed by atoms with Crippen molar-refractivity contribution in [1.82, 2.24) is 20.1 Å². The summed E-state index contributed by atoms with van der Waals surface area (Å²) in [6.07, 6.45) is 0.881. The van der Waals surface area contributed by atoms with Gasteiger partial charge in [-0.3, -0.25) is 0 Å². The third-order valence-corrected chi connectivity index (χ3v) is 2.08. The normalized spacial score (nSPS) is 13.2. The minimum Gasteiger partial charge on any atom is -0.444 e. The molecule has 0 saturated heterocycles. The highest BCUT2D eigenvalue weighted by atomic mass is 16.6. The maximum Gasteiger partial charge on any atom is 0.408 e. The molecule has 1 atom stereocenters. The summed E-state index contributed by atoms with van der Waals surface area (Å²) in [6.45, 7) is 7.48. The number of alkyl carbamates (subject to hydrolysis) is 1. The molecule has 0 aliphatic carbocycles. The van der Waals surface area contributed by atoms with Crippen LogP contribution in [0.3, 0.4) is 0 Å². The zero-order valence-corrected chi connectivity index (χ0v) is 11.2. The Morgan fingerprint density at radius 2 is 2.28 bits per heavy atom. The fourth-order valence-corrected chi connectivity index (χ4v) is 1.42. The summed E-state index contributed by atoms with van der Waals surface area (Å²) in [5, 5.41) is 15.5. The second-order valence-corrected chi connectivity index (χ2v) is 4.93. The molecule has 0 saturated carbocycles. The number of aliphatic hydroxyl groups excluding tert-OH is 1. The van der Waals surface area contributed by atoms with Crippen LogP contribution in [0.15, 0.2) is 6.33 Å². The highest BCUT2D eigenvalue weighted by Gasteiger charge is 2.20. The second kappa shape index (κ2) is 5.81. The van der Waals surface area contributed by atoms with Crippen LogP contribution >= 0.6 is 0 Å². The number of carbonyl (C=O) groups excluding carboxylic acids is 1. The lowest BCUT2D eigenvalue weighted by Gasteiger charge is -2.21. The highest BCUT2D eigenvalue weighted by Crippen LogP contribution is 2.11. The molecule has 1 rings (SSSR count). The van der Waals surface area contributed by atoms with Crippen LogP contribution < -0.4 is 5.32 Å². The first-order valence-electron chi connectivity index (χ1n) is 5.81. The molecule has 0 spiro atoms. The number of aromatic nitrogens is 3. The van der Waals surface area contributed by atoms with E-state index in [1.165, 1.54) is 6.33 Å². The monoisotopic (exact) mass is 256 g/mol. The van der Waals surface area contributed by atoms with E-state index >= 15 is 0 Å². The van der Waals surface area contributed by atoms with Crippen molar-refractivity contribution in [2.24, 2.45) is 0 Å². The molecular weight excluding hydrogens is 236 g/mol. The molecule has 0 aliphatic heterocycles. The Labute approximate surface area is 106 Å². The van der Waals surface area contributed by atoms with E-state index in [1.54, 1.807) is 32.4 Å². The molecule has 1 aromatic heterocycles. The van der Waals surface area contributed by atoms with Gasteiger partial charge in [0.2, 0.25) is 0 Å². The molecule has 1 amide bonds. The van der Waals surface area contributed by atoms with Crippen LogP contribution in [0.25, 0.3) is 0 Å². The standard InChI is InChI=1S/C11H20N4O3/c1-8(14-10(17)18-11(2,3)4)9-12-7-13-15(9)5-6-16/h7-8,16H,5-6H2,1-4H3,(H,14,17). The molecule has 0 fully saturated rings. The van der Waals surface area contributed by atoms with Gasteiger partial charge in [-0.05, 0) is 27.7 Å². The van der Waals surface area contributed by atoms with Crippen LogP contribution in [-0.2, 0) is 11.3 Å². The van der Waals surface area contributed by atoms with Gasteiger partial charge in [0.25, 0.3) is 0 Å². The van der Waals surface area contributed by atoms with E-state index in [4.69, 9.17) is 9.84 Å². The molecule has 1 heterocycles. The summed E-state index contributed by atoms with van der Waals surface area (Å²) < 4.78 is 6.69. The number of hydrogen-bond acceptors (Lipinski definition) is 5. The molecule has 102 valence electrons. The van der Waals surface area contributed by atoms with Crippen molar-refractivity contribution in [2.75, 3.05) is 6.61 Å². The van der Waals surface area contributed by atoms with Gasteiger partial charge in [0.1, 0.15) is 17.8 Å². The van der Waals surface area contributed by atoms with Gasteiger partial charge in [-0.1, -0.05) is 0 Å². The summed E-state index contributed by atoms with van der Waals surface area (Å²) in [4.78, 5) is 15.6. The summed E-state index contributed by atoms with van der Waals surface area (Å²) in [6, 6.07) is -0.339. The minimum atomic E-state index is -0.539. The van der Waals surface area contributed by atoms with E-state index in [0.29, 0.717) is 12.4 Å². The average Bonchev–Trinajstić information content (AvgIpc) is 2.63. The van der Waals surface area contributed by atoms with E-state index in [0.717, 1.165) is 0 Å². The van der Waals surface area contributed by atoms with E-state index in [9.17, 15) is 4.79 Å². The number of carbonyl (C=O) groups is 1. The van der Waals surface area contributed by atoms with Gasteiger partial charge < -0.3 is 15.2 Å². The van der Waals surface area contributed by atoms with Crippen molar-refractivity contribution in [2.45, 2.75) is 45.9 Å². The molecule has 2 N–H and O–H groups in total. The third kappa shape index (κ3) is 4.33. The van der Waals surface area contributed by atoms with Crippen LogP contribution in [0.2, 0.25) is 0 Å². The first-order chi connectivity index (χ1) is 8.33. The Kier molecular flexibility index (Phi) is 4.66. The SMILES string of the molecule is CC(NC(=O)OC(C)(C)C)c1ncnn1CCO. The lowest BCUT2D eigenvalue weighted by molar-refractivity contribution is 0.0504. The molecular formula is C11H20N4O3. The summed E-state index contributed by atoms with van der Waals surface area (Å²) in [5.74, 6) is 0.579. The Balaban J connectivity index is 2.62. The van der Waals surface area contributed by atoms with Crippen LogP contribution in [0.1, 0.15) is 39.6 Å². The predicted octanol–water partition coefficient (Wildman–Crippen LogP) is 0.856. The first-order valence-corrected chi connectivity index (χ1v) is 5.81. The predicted molar refractivity (Wildman–Crippen MR) is 64.9 cm³/mol. The van der Waals surface area contributed by atoms with Crippen molar-refractivity contribution in [3.8, 4) is 0 Å². The van der Waals surface area contributed by atoms with Crippen LogP contribution in [0.4, 0.5) is 4.79 Å². The summed E-state index contributed by atoms with van der Waals surface area (Å²) >= 11 is 0. The quantitative estimate of drug-likeness (QED) is 0.833. The largest absolute Gasteiger partial charge is 0.444 e. The molecule has 1 unspecified atom stereocenters. The Hall–Kier alpha value is -1.63. The lowest BCUT2D eigenvalue weighted by Crippen LogP contribution is -2.35. The van der Waals surface area contributed by atoms with E-state index in [-0.39, 0.29) is 12.6 Å². The number of amides is 1. The molecule has 18 heavy (non-hydrogen) atoms. The molecule has 1 aromatic rings. The van der Waals surface area contributed by atoms with Gasteiger partial charge >= 0.3 is 6.09 Å². The fourth-order valence-electron chi connectivity index (χ4n) is 1.42. The molecule has 0 aliphatic rings. The maximum absolute atomic E-state index is 11.6. The number of ether oxygens (including phenoxy) is 1. The number of nitrogens with zero attached hydrogens (tertiary/aromatic N) is 3. The van der Waals surface area contributed by atoms with Crippen molar-refractivity contribution in [3.05, 3.63) is 12.2 Å². The van der Waals surface area contributed by atoms with Gasteiger partial charge in [-0.25, -0.2) is 14.5 Å². The summed E-state index contributed by atoms with van der Waals surface area (Å²) in [5.41, 5.74) is -0.539. The van der Waals surface area contributed by atoms with Crippen molar-refractivity contribution in [3.63, 3.8) is 0 Å². The number of rotatable bonds is 4. The lowest BCUT2D eigenvalue weighted by atomic mass is 10.2. The van der Waals surface area contributed by atoms with E-state index in [1.807, 2.05) is 0 Å². The average molecular weight is 256 g/mol. The molecule has 7 nitrogen and oxygen atoms in total. The van der Waals surface area contributed by atoms with Crippen LogP contribution in [-0.4, -0.2) is 38.2 Å². The zero-order chi connectivity index (χ0) is 13.8. The first kappa shape index (κ1) is 14.4. The van der Waals surface area contributed by atoms with Crippen LogP contribution in [0.5, 0.6) is 0 Å². The van der Waals surface area contributed by atoms with Gasteiger partial charge in [0.15, 0.2) is 0 Å². The zero-order valence-electron chi connectivity index (χ0n) is 11.2. The Morgan fingerprint density at radius 1 is 1.61 bits per heavy atom. The van der Waals surface area contributed by atoms with Crippen molar-refractivity contribution >= 4 is 6.09 Å². The molecule has 0 aromatic carbocycles. The van der Waals surface area contributed by atoms with Gasteiger partial charge in [-0.15, -0.1) is 0 Å². The number of nitrogens with one attached hydrogen (secondary N) is 1. The minimum absolute atomic E-state index is 0.0322. The number of aliphatic hydroxyl groups is 1. The number of hydrogen-bond donors (Lipinski definition) is 2. The second-order valence-electron chi connectivity index (χ2n) is 4.93. The Morgan fingerprint density at radius 3 is 2.83 bits per heavy atom. The van der Waals surface area contributed by atoms with Crippen molar-refractivity contribution < 1.29 is 14.6 Å². The Bertz CT molecular complexity index is 397. The highest BCUT2D eigenvalue weighted by molar-refractivity contribution is 5.68. The van der Waals surface area contributed by atoms with E-state index < -0.39 is 11.7 Å². The van der Waals surface area contributed by atoms with E-state index in [2.05, 4.69) is 15.4 Å². The van der Waals surface area contributed by atoms with Gasteiger partial charge in [-0.2, -0.15) is 5.10 Å². The molecule has 0 bridgehead atoms. The topological polar surface area (TPSA) is 89.3 Å². The van der Waals surface area contributed by atoms with Crippen LogP contribution in [0, 0.1) is 0 Å². The molecule has 7 heteroatoms. The van der Waals surface area contributed by atoms with Gasteiger partial charge in [0.05, 0.1) is 19.2 Å². The van der Waals surface area contributed by atoms with Crippen molar-refractivity contribution in [1.29, 1.82) is 0 Å².